The molecule has 16 heteroatoms. The monoisotopic (exact) mass is 668 g/mol. The summed E-state index contributed by atoms with van der Waals surface area (Å²) in [6, 6.07) is 11.0. The Bertz CT molecular complexity index is 1280. The average molecular weight is 669 g/mol. The molecule has 1 heterocycles. The van der Waals surface area contributed by atoms with Crippen molar-refractivity contribution >= 4 is 46.6 Å². The van der Waals surface area contributed by atoms with Gasteiger partial charge in [-0.15, -0.1) is 0 Å². The molecule has 2 aromatic rings. The van der Waals surface area contributed by atoms with Gasteiger partial charge < -0.3 is 28.6 Å². The highest BCUT2D eigenvalue weighted by Gasteiger charge is 2.40. The molecule has 4 atom stereocenters. The van der Waals surface area contributed by atoms with Crippen LogP contribution in [0.25, 0.3) is 0 Å². The summed E-state index contributed by atoms with van der Waals surface area (Å²) in [5.74, 6) is -2.71. The van der Waals surface area contributed by atoms with Crippen LogP contribution in [-0.4, -0.2) is 62.6 Å². The van der Waals surface area contributed by atoms with Crippen molar-refractivity contribution in [1.82, 2.24) is 0 Å². The minimum absolute atomic E-state index is 0.0254. The molecular weight excluding hydrogens is 637 g/mol. The van der Waals surface area contributed by atoms with Crippen LogP contribution in [0.2, 0.25) is 5.02 Å². The van der Waals surface area contributed by atoms with Gasteiger partial charge in [-0.05, 0) is 41.3 Å². The number of esters is 2. The van der Waals surface area contributed by atoms with Crippen LogP contribution >= 0.6 is 11.6 Å². The summed E-state index contributed by atoms with van der Waals surface area (Å²) in [4.78, 5) is 40.7. The fourth-order valence-corrected chi connectivity index (χ4v) is 4.35. The van der Waals surface area contributed by atoms with Crippen molar-refractivity contribution in [2.45, 2.75) is 70.8 Å². The molecule has 3 rings (SSSR count). The highest BCUT2D eigenvalue weighted by molar-refractivity contribution is 7.81. The van der Waals surface area contributed by atoms with Gasteiger partial charge in [-0.3, -0.25) is 19.2 Å². The first-order chi connectivity index (χ1) is 20.4. The fraction of sp³-hybridized carbons (Fsp3) is 0.429. The number of hydrogen-bond acceptors (Lipinski definition) is 9. The fourth-order valence-electron chi connectivity index (χ4n) is 3.78. The first kappa shape index (κ1) is 38.3. The van der Waals surface area contributed by atoms with E-state index in [4.69, 9.17) is 45.6 Å². The van der Waals surface area contributed by atoms with Crippen LogP contribution in [-0.2, 0) is 50.9 Å². The van der Waals surface area contributed by atoms with Crippen molar-refractivity contribution in [1.29, 1.82) is 0 Å². The van der Waals surface area contributed by atoms with Crippen molar-refractivity contribution in [3.05, 3.63) is 64.2 Å². The summed E-state index contributed by atoms with van der Waals surface area (Å²) in [6.45, 7) is 4.81. The minimum Gasteiger partial charge on any atom is -0.481 e. The predicted molar refractivity (Wildman–Crippen MR) is 151 cm³/mol. The lowest BCUT2D eigenvalue weighted by atomic mass is 9.94. The summed E-state index contributed by atoms with van der Waals surface area (Å²) in [5.41, 5.74) is -2.73. The van der Waals surface area contributed by atoms with E-state index < -0.39 is 58.8 Å². The molecule has 11 nitrogen and oxygen atoms in total. The zero-order valence-corrected chi connectivity index (χ0v) is 25.7. The Morgan fingerprint density at radius 3 is 2.02 bits per heavy atom. The maximum atomic E-state index is 12.4. The van der Waals surface area contributed by atoms with Crippen molar-refractivity contribution < 1.29 is 65.2 Å². The zero-order chi connectivity index (χ0) is 33.6. The largest absolute Gasteiger partial charge is 0.508 e. The number of carboxylic acid groups (broad SMARTS) is 2. The SMILES string of the molecule is CC(=O)O.CC(=O)O.CC(=O)OCC1CC(OC(C)=O)CC(c2ccc(Cl)c(Cc3ccc(OS(=O)C(F)(F)F)cc3)c2)O1. The Morgan fingerprint density at radius 1 is 0.955 bits per heavy atom. The molecule has 0 aromatic heterocycles. The summed E-state index contributed by atoms with van der Waals surface area (Å²) < 4.78 is 69.4. The molecule has 1 saturated heterocycles. The summed E-state index contributed by atoms with van der Waals surface area (Å²) in [6.07, 6.45) is -0.196. The van der Waals surface area contributed by atoms with Gasteiger partial charge in [-0.1, -0.05) is 35.9 Å². The average Bonchev–Trinajstić information content (AvgIpc) is 2.88. The van der Waals surface area contributed by atoms with Crippen molar-refractivity contribution in [2.75, 3.05) is 6.61 Å². The lowest BCUT2D eigenvalue weighted by molar-refractivity contribution is -0.169. The van der Waals surface area contributed by atoms with Gasteiger partial charge in [0.05, 0.1) is 12.2 Å². The number of ether oxygens (including phenoxy) is 3. The Kier molecular flexibility index (Phi) is 15.9. The Labute approximate surface area is 258 Å². The van der Waals surface area contributed by atoms with Crippen molar-refractivity contribution in [2.24, 2.45) is 0 Å². The Hall–Kier alpha value is -3.69. The molecule has 1 aliphatic rings. The molecule has 244 valence electrons. The highest BCUT2D eigenvalue weighted by atomic mass is 35.5. The van der Waals surface area contributed by atoms with Crippen LogP contribution in [0, 0.1) is 0 Å². The molecule has 0 amide bonds. The molecule has 44 heavy (non-hydrogen) atoms. The summed E-state index contributed by atoms with van der Waals surface area (Å²) in [7, 11) is 0. The van der Waals surface area contributed by atoms with E-state index in [0.717, 1.165) is 30.5 Å². The smallest absolute Gasteiger partial charge is 0.481 e. The number of hydrogen-bond donors (Lipinski definition) is 2. The molecule has 0 bridgehead atoms. The maximum absolute atomic E-state index is 12.4. The molecule has 2 N–H and O–H groups in total. The van der Waals surface area contributed by atoms with Gasteiger partial charge >= 0.3 is 28.5 Å². The second kappa shape index (κ2) is 18.2. The summed E-state index contributed by atoms with van der Waals surface area (Å²) >= 11 is 2.94. The van der Waals surface area contributed by atoms with Crippen LogP contribution in [0.1, 0.15) is 63.3 Å². The second-order valence-electron chi connectivity index (χ2n) is 9.23. The molecule has 0 aliphatic carbocycles. The predicted octanol–water partition coefficient (Wildman–Crippen LogP) is 5.39. The molecule has 2 aromatic carbocycles. The van der Waals surface area contributed by atoms with Crippen LogP contribution in [0.4, 0.5) is 13.2 Å². The van der Waals surface area contributed by atoms with Gasteiger partial charge in [0.1, 0.15) is 18.5 Å². The van der Waals surface area contributed by atoms with Gasteiger partial charge in [0.2, 0.25) is 0 Å². The van der Waals surface area contributed by atoms with Crippen LogP contribution in [0.3, 0.4) is 0 Å². The third-order valence-corrected chi connectivity index (χ3v) is 6.38. The number of halogens is 4. The minimum atomic E-state index is -4.97. The lowest BCUT2D eigenvalue weighted by Crippen LogP contribution is -2.36. The van der Waals surface area contributed by atoms with E-state index in [-0.39, 0.29) is 12.4 Å². The van der Waals surface area contributed by atoms with Crippen LogP contribution in [0.5, 0.6) is 5.75 Å². The maximum Gasteiger partial charge on any atom is 0.508 e. The van der Waals surface area contributed by atoms with E-state index in [2.05, 4.69) is 4.18 Å². The molecule has 4 unspecified atom stereocenters. The first-order valence-electron chi connectivity index (χ1n) is 12.8. The van der Waals surface area contributed by atoms with E-state index in [9.17, 15) is 27.0 Å². The van der Waals surface area contributed by atoms with E-state index in [1.807, 2.05) is 6.07 Å². The van der Waals surface area contributed by atoms with Crippen LogP contribution < -0.4 is 4.18 Å². The van der Waals surface area contributed by atoms with E-state index in [1.54, 1.807) is 24.3 Å². The molecule has 1 fully saturated rings. The highest BCUT2D eigenvalue weighted by Crippen LogP contribution is 2.35. The molecule has 0 radical (unpaired) electrons. The first-order valence-corrected chi connectivity index (χ1v) is 14.2. The van der Waals surface area contributed by atoms with Gasteiger partial charge in [0, 0.05) is 45.6 Å². The standard InChI is InChI=1S/C24H24ClF3O7S.2C2H4O2/c1-14(29)32-13-21-11-20(33-15(2)30)12-23(34-21)17-5-8-22(25)18(10-17)9-16-3-6-19(7-4-16)35-36(31)24(26,27)28;2*1-2(3)4/h3-8,10,20-21,23H,9,11-13H2,1-2H3;2*1H3,(H,3,4). The Balaban J connectivity index is 0.00000108. The quantitative estimate of drug-likeness (QED) is 0.347. The topological polar surface area (TPSA) is 163 Å². The zero-order valence-electron chi connectivity index (χ0n) is 24.1. The van der Waals surface area contributed by atoms with Crippen molar-refractivity contribution in [3.63, 3.8) is 0 Å². The van der Waals surface area contributed by atoms with E-state index in [0.29, 0.717) is 24.3 Å². The number of aliphatic carboxylic acids is 2. The number of alkyl halides is 3. The van der Waals surface area contributed by atoms with Crippen LogP contribution in [0.15, 0.2) is 42.5 Å². The number of carbonyl (C=O) groups excluding carboxylic acids is 2. The number of carboxylic acids is 2. The molecular formula is C28H32ClF3O11S. The molecule has 1 aliphatic heterocycles. The van der Waals surface area contributed by atoms with Gasteiger partial charge in [-0.25, -0.2) is 4.21 Å². The Morgan fingerprint density at radius 2 is 1.52 bits per heavy atom. The van der Waals surface area contributed by atoms with E-state index in [1.165, 1.54) is 26.0 Å². The number of rotatable bonds is 8. The third kappa shape index (κ3) is 15.7. The number of benzene rings is 2. The lowest BCUT2D eigenvalue weighted by Gasteiger charge is -2.35. The molecule has 0 spiro atoms. The van der Waals surface area contributed by atoms with Gasteiger partial charge in [0.15, 0.2) is 0 Å². The number of carbonyl (C=O) groups is 4. The third-order valence-electron chi connectivity index (χ3n) is 5.28. The second-order valence-corrected chi connectivity index (χ2v) is 10.7. The summed E-state index contributed by atoms with van der Waals surface area (Å²) in [5, 5.41) is 15.3. The van der Waals surface area contributed by atoms with Gasteiger partial charge in [0.25, 0.3) is 11.9 Å². The molecule has 0 saturated carbocycles. The normalized spacial score (nSPS) is 18.2. The van der Waals surface area contributed by atoms with Crippen molar-refractivity contribution in [3.8, 4) is 5.75 Å². The van der Waals surface area contributed by atoms with Gasteiger partial charge in [-0.2, -0.15) is 13.2 Å². The van der Waals surface area contributed by atoms with E-state index >= 15 is 0 Å².